The molecule has 13 nitrogen and oxygen atoms in total. The highest BCUT2D eigenvalue weighted by molar-refractivity contribution is 5.82. The number of aliphatic hydroxyl groups excluding tert-OH is 6. The van der Waals surface area contributed by atoms with Gasteiger partial charge in [0.2, 0.25) is 6.29 Å². The molecule has 0 spiro atoms. The van der Waals surface area contributed by atoms with Crippen molar-refractivity contribution in [2.75, 3.05) is 6.61 Å². The zero-order valence-corrected chi connectivity index (χ0v) is 21.2. The Labute approximate surface area is 227 Å². The molecule has 3 aromatic rings. The highest BCUT2D eigenvalue weighted by Gasteiger charge is 2.47. The number of hydrogen-bond donors (Lipinski definition) is 7. The van der Waals surface area contributed by atoms with Crippen LogP contribution in [0.1, 0.15) is 6.92 Å². The third-order valence-corrected chi connectivity index (χ3v) is 7.08. The second-order valence-electron chi connectivity index (χ2n) is 9.83. The second kappa shape index (κ2) is 11.4. The summed E-state index contributed by atoms with van der Waals surface area (Å²) in [6.07, 6.45) is -13.1. The zero-order chi connectivity index (χ0) is 28.7. The van der Waals surface area contributed by atoms with Crippen molar-refractivity contribution in [3.05, 3.63) is 59.0 Å². The van der Waals surface area contributed by atoms with Crippen molar-refractivity contribution in [2.45, 2.75) is 68.3 Å². The molecule has 2 aromatic carbocycles. The van der Waals surface area contributed by atoms with Gasteiger partial charge in [0.05, 0.1) is 23.7 Å². The molecule has 0 bridgehead atoms. The fraction of sp³-hybridized carbons (Fsp3) is 0.444. The number of hydrogen-bond acceptors (Lipinski definition) is 13. The van der Waals surface area contributed by atoms with Gasteiger partial charge in [-0.15, -0.1) is 0 Å². The molecular formula is C27H30O13. The van der Waals surface area contributed by atoms with E-state index in [9.17, 15) is 40.5 Å². The van der Waals surface area contributed by atoms with E-state index in [4.69, 9.17) is 23.4 Å². The Morgan fingerprint density at radius 1 is 0.800 bits per heavy atom. The van der Waals surface area contributed by atoms with Gasteiger partial charge in [0.15, 0.2) is 11.7 Å². The standard InChI is InChI=1S/C27H30O13/c1-11-19(29)22(32)24(34)26(38-11)37-10-18-21(31)23(33)25(35)27(40-18)39-14-6-7-15-17(8-14)36-9-16(20(15)30)12-2-4-13(28)5-3-12/h2-9,11,18-19,21-29,31-35H,10H2,1H3/t11-,18-,19+,21-,22-,23+,24-,25-,26-,27-/m1/s1. The van der Waals surface area contributed by atoms with Crippen LogP contribution in [0.5, 0.6) is 11.5 Å². The van der Waals surface area contributed by atoms with Gasteiger partial charge in [0.1, 0.15) is 66.1 Å². The Morgan fingerprint density at radius 3 is 2.20 bits per heavy atom. The van der Waals surface area contributed by atoms with E-state index in [2.05, 4.69) is 0 Å². The van der Waals surface area contributed by atoms with Crippen LogP contribution in [0.15, 0.2) is 57.9 Å². The summed E-state index contributed by atoms with van der Waals surface area (Å²) in [4.78, 5) is 13.0. The first-order valence-corrected chi connectivity index (χ1v) is 12.6. The lowest BCUT2D eigenvalue weighted by molar-refractivity contribution is -0.318. The van der Waals surface area contributed by atoms with E-state index in [0.717, 1.165) is 0 Å². The minimum atomic E-state index is -1.69. The van der Waals surface area contributed by atoms with Crippen LogP contribution in [0.3, 0.4) is 0 Å². The molecule has 216 valence electrons. The van der Waals surface area contributed by atoms with Crippen LogP contribution in [-0.4, -0.2) is 104 Å². The number of phenolic OH excluding ortho intramolecular Hbond substituents is 1. The SMILES string of the molecule is C[C@H]1O[C@@H](OC[C@H]2O[C@@H](Oc3ccc4c(=O)c(-c5ccc(O)cc5)coc4c3)[C@H](O)[C@@H](O)[C@@H]2O)[C@H](O)[C@H](O)[C@H]1O. The van der Waals surface area contributed by atoms with E-state index < -0.39 is 68.0 Å². The molecule has 13 heteroatoms. The summed E-state index contributed by atoms with van der Waals surface area (Å²) in [5.41, 5.74) is 0.701. The number of aromatic hydroxyl groups is 1. The maximum atomic E-state index is 13.0. The van der Waals surface area contributed by atoms with Crippen LogP contribution in [0, 0.1) is 0 Å². The molecule has 0 radical (unpaired) electrons. The first kappa shape index (κ1) is 28.4. The minimum Gasteiger partial charge on any atom is -0.508 e. The van der Waals surface area contributed by atoms with Crippen molar-refractivity contribution in [3.63, 3.8) is 0 Å². The van der Waals surface area contributed by atoms with E-state index >= 15 is 0 Å². The smallest absolute Gasteiger partial charge is 0.229 e. The van der Waals surface area contributed by atoms with Crippen LogP contribution in [0.25, 0.3) is 22.1 Å². The lowest BCUT2D eigenvalue weighted by atomic mass is 9.98. The monoisotopic (exact) mass is 562 g/mol. The highest BCUT2D eigenvalue weighted by atomic mass is 16.7. The number of ether oxygens (including phenoxy) is 4. The summed E-state index contributed by atoms with van der Waals surface area (Å²) < 4.78 is 27.8. The fourth-order valence-corrected chi connectivity index (χ4v) is 4.65. The highest BCUT2D eigenvalue weighted by Crippen LogP contribution is 2.29. The van der Waals surface area contributed by atoms with Gasteiger partial charge in [-0.05, 0) is 36.8 Å². The Hall–Kier alpha value is -3.11. The molecule has 0 aliphatic carbocycles. The Kier molecular flexibility index (Phi) is 8.10. The number of benzene rings is 2. The summed E-state index contributed by atoms with van der Waals surface area (Å²) in [5.74, 6) is 0.180. The van der Waals surface area contributed by atoms with E-state index in [1.165, 1.54) is 43.5 Å². The van der Waals surface area contributed by atoms with Crippen molar-refractivity contribution in [1.82, 2.24) is 0 Å². The summed E-state index contributed by atoms with van der Waals surface area (Å²) in [6.45, 7) is 1.04. The van der Waals surface area contributed by atoms with Gasteiger partial charge in [-0.1, -0.05) is 12.1 Å². The molecule has 2 aliphatic rings. The van der Waals surface area contributed by atoms with Gasteiger partial charge in [0.25, 0.3) is 0 Å². The molecule has 1 aromatic heterocycles. The molecule has 5 rings (SSSR count). The van der Waals surface area contributed by atoms with E-state index in [0.29, 0.717) is 5.56 Å². The average molecular weight is 563 g/mol. The van der Waals surface area contributed by atoms with Crippen LogP contribution in [-0.2, 0) is 14.2 Å². The second-order valence-corrected chi connectivity index (χ2v) is 9.83. The van der Waals surface area contributed by atoms with E-state index in [1.54, 1.807) is 12.1 Å². The largest absolute Gasteiger partial charge is 0.508 e. The average Bonchev–Trinajstić information content (AvgIpc) is 2.94. The van der Waals surface area contributed by atoms with Crippen LogP contribution >= 0.6 is 0 Å². The summed E-state index contributed by atoms with van der Waals surface area (Å²) in [6, 6.07) is 10.4. The molecule has 0 saturated carbocycles. The maximum absolute atomic E-state index is 13.0. The van der Waals surface area contributed by atoms with Crippen LogP contribution < -0.4 is 10.2 Å². The Morgan fingerprint density at radius 2 is 1.48 bits per heavy atom. The maximum Gasteiger partial charge on any atom is 0.229 e. The summed E-state index contributed by atoms with van der Waals surface area (Å²) in [5, 5.41) is 70.9. The van der Waals surface area contributed by atoms with Crippen molar-refractivity contribution < 1.29 is 59.1 Å². The van der Waals surface area contributed by atoms with Crippen molar-refractivity contribution in [2.24, 2.45) is 0 Å². The Balaban J connectivity index is 1.30. The summed E-state index contributed by atoms with van der Waals surface area (Å²) in [7, 11) is 0. The normalized spacial score (nSPS) is 34.6. The van der Waals surface area contributed by atoms with Crippen molar-refractivity contribution in [1.29, 1.82) is 0 Å². The van der Waals surface area contributed by atoms with E-state index in [1.807, 2.05) is 0 Å². The van der Waals surface area contributed by atoms with Crippen LogP contribution in [0.2, 0.25) is 0 Å². The van der Waals surface area contributed by atoms with Gasteiger partial charge < -0.3 is 59.1 Å². The number of phenols is 1. The molecule has 7 N–H and O–H groups in total. The molecular weight excluding hydrogens is 532 g/mol. The zero-order valence-electron chi connectivity index (χ0n) is 21.2. The molecule has 10 atom stereocenters. The molecule has 0 amide bonds. The van der Waals surface area contributed by atoms with Gasteiger partial charge in [0, 0.05) is 6.07 Å². The van der Waals surface area contributed by atoms with Crippen LogP contribution in [0.4, 0.5) is 0 Å². The third-order valence-electron chi connectivity index (χ3n) is 7.08. The third kappa shape index (κ3) is 5.43. The topological polar surface area (TPSA) is 209 Å². The molecule has 0 unspecified atom stereocenters. The first-order valence-electron chi connectivity index (χ1n) is 12.6. The quantitative estimate of drug-likeness (QED) is 0.196. The molecule has 2 aliphatic heterocycles. The minimum absolute atomic E-state index is 0.0578. The van der Waals surface area contributed by atoms with Gasteiger partial charge in [-0.2, -0.15) is 0 Å². The van der Waals surface area contributed by atoms with Gasteiger partial charge in [-0.3, -0.25) is 4.79 Å². The first-order chi connectivity index (χ1) is 19.0. The van der Waals surface area contributed by atoms with Crippen molar-refractivity contribution >= 4 is 11.0 Å². The number of rotatable bonds is 6. The lowest BCUT2D eigenvalue weighted by Gasteiger charge is -2.42. The molecule has 2 saturated heterocycles. The van der Waals surface area contributed by atoms with Gasteiger partial charge in [-0.25, -0.2) is 0 Å². The van der Waals surface area contributed by atoms with Gasteiger partial charge >= 0.3 is 0 Å². The number of fused-ring (bicyclic) bond motifs is 1. The number of aliphatic hydroxyl groups is 6. The molecule has 3 heterocycles. The predicted molar refractivity (Wildman–Crippen MR) is 135 cm³/mol. The molecule has 40 heavy (non-hydrogen) atoms. The molecule has 2 fully saturated rings. The predicted octanol–water partition coefficient (Wildman–Crippen LogP) is -0.804. The summed E-state index contributed by atoms with van der Waals surface area (Å²) >= 11 is 0. The fourth-order valence-electron chi connectivity index (χ4n) is 4.65. The Bertz CT molecular complexity index is 1380. The van der Waals surface area contributed by atoms with E-state index in [-0.39, 0.29) is 33.5 Å². The lowest BCUT2D eigenvalue weighted by Crippen LogP contribution is -2.61. The van der Waals surface area contributed by atoms with Crippen molar-refractivity contribution in [3.8, 4) is 22.6 Å².